The second-order valence-electron chi connectivity index (χ2n) is 3.90. The molecular weight excluding hydrogens is 250 g/mol. The van der Waals surface area contributed by atoms with Gasteiger partial charge >= 0.3 is 6.09 Å². The second-order valence-corrected chi connectivity index (χ2v) is 4.69. The summed E-state index contributed by atoms with van der Waals surface area (Å²) >= 11 is 3.34. The number of rotatable bonds is 3. The predicted octanol–water partition coefficient (Wildman–Crippen LogP) is 2.28. The molecule has 1 unspecified atom stereocenters. The molecule has 0 radical (unpaired) electrons. The van der Waals surface area contributed by atoms with Crippen molar-refractivity contribution in [3.63, 3.8) is 0 Å². The maximum absolute atomic E-state index is 11.0. The zero-order chi connectivity index (χ0) is 10.8. The minimum atomic E-state index is -0.896. The Morgan fingerprint density at radius 2 is 2.36 bits per heavy atom. The van der Waals surface area contributed by atoms with Crippen molar-refractivity contribution in [2.24, 2.45) is 0 Å². The van der Waals surface area contributed by atoms with Gasteiger partial charge in [-0.25, -0.2) is 4.79 Å². The molecule has 0 aromatic rings. The lowest BCUT2D eigenvalue weighted by Crippen LogP contribution is -2.47. The highest BCUT2D eigenvalue weighted by atomic mass is 79.9. The maximum atomic E-state index is 11.0. The van der Waals surface area contributed by atoms with Crippen LogP contribution >= 0.6 is 15.9 Å². The molecule has 0 spiro atoms. The van der Waals surface area contributed by atoms with E-state index in [-0.39, 0.29) is 6.04 Å². The summed E-state index contributed by atoms with van der Waals surface area (Å²) in [5.41, 5.74) is -0.678. The van der Waals surface area contributed by atoms with Crippen molar-refractivity contribution in [2.75, 3.05) is 11.9 Å². The number of halogens is 1. The van der Waals surface area contributed by atoms with Gasteiger partial charge in [-0.05, 0) is 26.7 Å². The monoisotopic (exact) mass is 265 g/mol. The smallest absolute Gasteiger partial charge is 0.409 e. The van der Waals surface area contributed by atoms with Gasteiger partial charge in [-0.2, -0.15) is 0 Å². The largest absolute Gasteiger partial charge is 0.465 e. The van der Waals surface area contributed by atoms with E-state index in [4.69, 9.17) is 9.84 Å². The number of alkyl halides is 1. The van der Waals surface area contributed by atoms with Crippen LogP contribution in [0, 0.1) is 0 Å². The van der Waals surface area contributed by atoms with Crippen molar-refractivity contribution in [2.45, 2.75) is 38.5 Å². The van der Waals surface area contributed by atoms with Crippen LogP contribution in [0.2, 0.25) is 0 Å². The van der Waals surface area contributed by atoms with Gasteiger partial charge < -0.3 is 9.84 Å². The van der Waals surface area contributed by atoms with Crippen molar-refractivity contribution in [3.05, 3.63) is 0 Å². The third-order valence-electron chi connectivity index (χ3n) is 2.45. The van der Waals surface area contributed by atoms with Crippen LogP contribution in [0.4, 0.5) is 4.79 Å². The van der Waals surface area contributed by atoms with Crippen molar-refractivity contribution in [1.29, 1.82) is 0 Å². The van der Waals surface area contributed by atoms with E-state index in [0.717, 1.165) is 18.2 Å². The van der Waals surface area contributed by atoms with Gasteiger partial charge in [0.05, 0.1) is 12.6 Å². The molecule has 1 N–H and O–H groups in total. The van der Waals surface area contributed by atoms with Crippen molar-refractivity contribution >= 4 is 22.0 Å². The molecule has 82 valence electrons. The zero-order valence-electron chi connectivity index (χ0n) is 8.49. The SMILES string of the molecule is CC1(C)OCC(CCCBr)N1C(=O)O. The molecule has 1 heterocycles. The Balaban J connectivity index is 2.64. The van der Waals surface area contributed by atoms with E-state index in [1.54, 1.807) is 13.8 Å². The summed E-state index contributed by atoms with van der Waals surface area (Å²) < 4.78 is 5.45. The van der Waals surface area contributed by atoms with E-state index in [1.807, 2.05) is 0 Å². The van der Waals surface area contributed by atoms with Gasteiger partial charge in [-0.1, -0.05) is 15.9 Å². The number of ether oxygens (including phenoxy) is 1. The third kappa shape index (κ3) is 2.39. The minimum Gasteiger partial charge on any atom is -0.465 e. The summed E-state index contributed by atoms with van der Waals surface area (Å²) in [6.07, 6.45) is 0.918. The van der Waals surface area contributed by atoms with Crippen LogP contribution in [-0.2, 0) is 4.74 Å². The molecule has 1 aliphatic rings. The topological polar surface area (TPSA) is 49.8 Å². The Morgan fingerprint density at radius 3 is 2.86 bits per heavy atom. The zero-order valence-corrected chi connectivity index (χ0v) is 10.1. The van der Waals surface area contributed by atoms with Gasteiger partial charge in [0.1, 0.15) is 5.72 Å². The van der Waals surface area contributed by atoms with Crippen LogP contribution in [-0.4, -0.2) is 39.8 Å². The number of carboxylic acid groups (broad SMARTS) is 1. The summed E-state index contributed by atoms with van der Waals surface area (Å²) in [6, 6.07) is 0.0000463. The Labute approximate surface area is 92.3 Å². The van der Waals surface area contributed by atoms with Gasteiger partial charge in [0.15, 0.2) is 0 Å². The molecule has 1 fully saturated rings. The summed E-state index contributed by atoms with van der Waals surface area (Å²) in [5.74, 6) is 0. The first-order chi connectivity index (χ1) is 6.49. The van der Waals surface area contributed by atoms with Crippen LogP contribution < -0.4 is 0 Å². The minimum absolute atomic E-state index is 0.0000463. The average Bonchev–Trinajstić information content (AvgIpc) is 2.37. The lowest BCUT2D eigenvalue weighted by molar-refractivity contribution is -0.0421. The molecule has 5 heteroatoms. The summed E-state index contributed by atoms with van der Waals surface area (Å²) in [5, 5.41) is 9.95. The standard InChI is InChI=1S/C9H16BrNO3/c1-9(2)11(8(12)13)7(6-14-9)4-3-5-10/h7H,3-6H2,1-2H3,(H,12,13). The van der Waals surface area contributed by atoms with Crippen molar-refractivity contribution < 1.29 is 14.6 Å². The highest BCUT2D eigenvalue weighted by Gasteiger charge is 2.43. The predicted molar refractivity (Wildman–Crippen MR) is 56.7 cm³/mol. The first-order valence-electron chi connectivity index (χ1n) is 4.71. The quantitative estimate of drug-likeness (QED) is 0.797. The molecule has 0 bridgehead atoms. The number of carbonyl (C=O) groups is 1. The second kappa shape index (κ2) is 4.49. The average molecular weight is 266 g/mol. The van der Waals surface area contributed by atoms with Gasteiger partial charge in [0.25, 0.3) is 0 Å². The molecule has 1 amide bonds. The fourth-order valence-electron chi connectivity index (χ4n) is 1.80. The van der Waals surface area contributed by atoms with Gasteiger partial charge in [-0.3, -0.25) is 4.90 Å². The van der Waals surface area contributed by atoms with E-state index in [1.165, 1.54) is 4.90 Å². The number of hydrogen-bond acceptors (Lipinski definition) is 2. The molecule has 0 aliphatic carbocycles. The number of hydrogen-bond donors (Lipinski definition) is 1. The summed E-state index contributed by atoms with van der Waals surface area (Å²) in [6.45, 7) is 4.08. The van der Waals surface area contributed by atoms with Crippen molar-refractivity contribution in [1.82, 2.24) is 4.90 Å². The lowest BCUT2D eigenvalue weighted by atomic mass is 10.1. The molecule has 1 atom stereocenters. The molecule has 1 aliphatic heterocycles. The van der Waals surface area contributed by atoms with Crippen molar-refractivity contribution in [3.8, 4) is 0 Å². The normalized spacial score (nSPS) is 25.4. The highest BCUT2D eigenvalue weighted by Crippen LogP contribution is 2.29. The van der Waals surface area contributed by atoms with E-state index < -0.39 is 11.8 Å². The fourth-order valence-corrected chi connectivity index (χ4v) is 2.12. The summed E-state index contributed by atoms with van der Waals surface area (Å²) in [4.78, 5) is 12.4. The molecule has 14 heavy (non-hydrogen) atoms. The van der Waals surface area contributed by atoms with E-state index in [0.29, 0.717) is 6.61 Å². The molecule has 0 saturated carbocycles. The van der Waals surface area contributed by atoms with E-state index >= 15 is 0 Å². The van der Waals surface area contributed by atoms with Crippen LogP contribution in [0.15, 0.2) is 0 Å². The van der Waals surface area contributed by atoms with E-state index in [9.17, 15) is 4.79 Å². The number of amides is 1. The number of nitrogens with zero attached hydrogens (tertiary/aromatic N) is 1. The Hall–Kier alpha value is -0.290. The van der Waals surface area contributed by atoms with E-state index in [2.05, 4.69) is 15.9 Å². The van der Waals surface area contributed by atoms with Crippen LogP contribution in [0.1, 0.15) is 26.7 Å². The van der Waals surface area contributed by atoms with Crippen LogP contribution in [0.3, 0.4) is 0 Å². The Kier molecular flexibility index (Phi) is 3.78. The maximum Gasteiger partial charge on any atom is 0.409 e. The third-order valence-corrected chi connectivity index (χ3v) is 3.01. The molecule has 1 rings (SSSR count). The van der Waals surface area contributed by atoms with Gasteiger partial charge in [0, 0.05) is 5.33 Å². The fraction of sp³-hybridized carbons (Fsp3) is 0.889. The molecular formula is C9H16BrNO3. The molecule has 0 aromatic heterocycles. The lowest BCUT2D eigenvalue weighted by Gasteiger charge is -2.30. The van der Waals surface area contributed by atoms with Crippen LogP contribution in [0.25, 0.3) is 0 Å². The molecule has 4 nitrogen and oxygen atoms in total. The molecule has 1 saturated heterocycles. The summed E-state index contributed by atoms with van der Waals surface area (Å²) in [7, 11) is 0. The Bertz CT molecular complexity index is 220. The molecule has 0 aromatic carbocycles. The van der Waals surface area contributed by atoms with Gasteiger partial charge in [0.2, 0.25) is 0 Å². The highest BCUT2D eigenvalue weighted by molar-refractivity contribution is 9.09. The first-order valence-corrected chi connectivity index (χ1v) is 5.83. The Morgan fingerprint density at radius 1 is 1.71 bits per heavy atom. The van der Waals surface area contributed by atoms with Crippen LogP contribution in [0.5, 0.6) is 0 Å². The van der Waals surface area contributed by atoms with Gasteiger partial charge in [-0.15, -0.1) is 0 Å². The first kappa shape index (κ1) is 11.8.